The number of anilines is 1. The topological polar surface area (TPSA) is 58.1 Å². The van der Waals surface area contributed by atoms with Crippen LogP contribution in [0.15, 0.2) is 41.8 Å². The Hall–Kier alpha value is -1.92. The van der Waals surface area contributed by atoms with Gasteiger partial charge in [-0.05, 0) is 43.3 Å². The third kappa shape index (κ3) is 3.04. The summed E-state index contributed by atoms with van der Waals surface area (Å²) in [5, 5.41) is 3.90. The van der Waals surface area contributed by atoms with E-state index in [4.69, 9.17) is 0 Å². The van der Waals surface area contributed by atoms with Crippen LogP contribution in [-0.2, 0) is 16.8 Å². The monoisotopic (exact) mass is 354 g/mol. The first kappa shape index (κ1) is 16.5. The normalized spacial score (nSPS) is 19.0. The van der Waals surface area contributed by atoms with Crippen molar-refractivity contribution in [3.63, 3.8) is 0 Å². The van der Waals surface area contributed by atoms with Crippen molar-refractivity contribution < 1.29 is 4.79 Å². The first-order chi connectivity index (χ1) is 12.2. The van der Waals surface area contributed by atoms with E-state index in [1.54, 1.807) is 11.8 Å². The van der Waals surface area contributed by atoms with Crippen molar-refractivity contribution in [1.29, 1.82) is 0 Å². The van der Waals surface area contributed by atoms with E-state index >= 15 is 0 Å². The minimum atomic E-state index is -0.342. The SMILES string of the molecule is CCSc1ncc(CN2CCC3(CC2)C(=O)Nc2ccccc23)cn1. The quantitative estimate of drug-likeness (QED) is 0.675. The number of nitrogens with zero attached hydrogens (tertiary/aromatic N) is 3. The standard InChI is InChI=1S/C19H22N4OS/c1-2-25-18-20-11-14(12-21-18)13-23-9-7-19(8-10-23)15-5-3-4-6-16(15)22-17(19)24/h3-6,11-12H,2,7-10,13H2,1H3,(H,22,24). The van der Waals surface area contributed by atoms with Gasteiger partial charge in [-0.15, -0.1) is 0 Å². The van der Waals surface area contributed by atoms with Crippen LogP contribution in [0.4, 0.5) is 5.69 Å². The fraction of sp³-hybridized carbons (Fsp3) is 0.421. The Morgan fingerprint density at radius 3 is 2.64 bits per heavy atom. The van der Waals surface area contributed by atoms with Gasteiger partial charge in [-0.25, -0.2) is 9.97 Å². The van der Waals surface area contributed by atoms with E-state index in [-0.39, 0.29) is 11.3 Å². The van der Waals surface area contributed by atoms with Gasteiger partial charge in [-0.3, -0.25) is 9.69 Å². The summed E-state index contributed by atoms with van der Waals surface area (Å²) < 4.78 is 0. The Kier molecular flexibility index (Phi) is 4.48. The summed E-state index contributed by atoms with van der Waals surface area (Å²) in [7, 11) is 0. The predicted molar refractivity (Wildman–Crippen MR) is 99.7 cm³/mol. The molecular weight excluding hydrogens is 332 g/mol. The van der Waals surface area contributed by atoms with E-state index < -0.39 is 0 Å². The molecule has 0 saturated carbocycles. The number of carbonyl (C=O) groups is 1. The number of likely N-dealkylation sites (tertiary alicyclic amines) is 1. The summed E-state index contributed by atoms with van der Waals surface area (Å²) in [4.78, 5) is 23.8. The molecule has 0 bridgehead atoms. The zero-order valence-electron chi connectivity index (χ0n) is 14.4. The molecule has 2 aromatic rings. The van der Waals surface area contributed by atoms with Gasteiger partial charge in [0.15, 0.2) is 5.16 Å². The van der Waals surface area contributed by atoms with Crippen molar-refractivity contribution in [2.45, 2.75) is 36.9 Å². The summed E-state index contributed by atoms with van der Waals surface area (Å²) >= 11 is 1.66. The molecule has 5 nitrogen and oxygen atoms in total. The van der Waals surface area contributed by atoms with Crippen LogP contribution in [0, 0.1) is 0 Å². The predicted octanol–water partition coefficient (Wildman–Crippen LogP) is 3.07. The van der Waals surface area contributed by atoms with Crippen molar-refractivity contribution >= 4 is 23.4 Å². The highest BCUT2D eigenvalue weighted by molar-refractivity contribution is 7.99. The molecule has 130 valence electrons. The number of hydrogen-bond donors (Lipinski definition) is 1. The second kappa shape index (κ2) is 6.77. The lowest BCUT2D eigenvalue weighted by molar-refractivity contribution is -0.122. The summed E-state index contributed by atoms with van der Waals surface area (Å²) in [5.41, 5.74) is 2.94. The van der Waals surface area contributed by atoms with Crippen LogP contribution >= 0.6 is 11.8 Å². The van der Waals surface area contributed by atoms with E-state index in [0.717, 1.165) is 54.6 Å². The molecule has 1 spiro atoms. The molecule has 6 heteroatoms. The number of rotatable bonds is 4. The number of amides is 1. The molecule has 0 aliphatic carbocycles. The largest absolute Gasteiger partial charge is 0.325 e. The number of nitrogens with one attached hydrogen (secondary N) is 1. The molecule has 4 rings (SSSR count). The molecule has 1 saturated heterocycles. The highest BCUT2D eigenvalue weighted by Gasteiger charge is 2.48. The number of aromatic nitrogens is 2. The van der Waals surface area contributed by atoms with Crippen LogP contribution in [0.3, 0.4) is 0 Å². The summed E-state index contributed by atoms with van der Waals surface area (Å²) in [5.74, 6) is 1.15. The zero-order chi connectivity index (χ0) is 17.3. The smallest absolute Gasteiger partial charge is 0.235 e. The van der Waals surface area contributed by atoms with Crippen LogP contribution < -0.4 is 5.32 Å². The third-order valence-corrected chi connectivity index (χ3v) is 5.95. The molecule has 2 aliphatic rings. The molecule has 1 N–H and O–H groups in total. The van der Waals surface area contributed by atoms with Gasteiger partial charge in [-0.1, -0.05) is 36.9 Å². The Labute approximate surface area is 152 Å². The number of benzene rings is 1. The molecule has 25 heavy (non-hydrogen) atoms. The Morgan fingerprint density at radius 1 is 1.20 bits per heavy atom. The van der Waals surface area contributed by atoms with E-state index in [9.17, 15) is 4.79 Å². The van der Waals surface area contributed by atoms with E-state index in [2.05, 4.69) is 33.2 Å². The summed E-state index contributed by atoms with van der Waals surface area (Å²) in [6.45, 7) is 4.76. The average Bonchev–Trinajstić information content (AvgIpc) is 2.91. The summed E-state index contributed by atoms with van der Waals surface area (Å²) in [6.07, 6.45) is 5.57. The van der Waals surface area contributed by atoms with E-state index in [0.29, 0.717) is 0 Å². The molecule has 0 atom stereocenters. The first-order valence-corrected chi connectivity index (χ1v) is 9.77. The van der Waals surface area contributed by atoms with Crippen molar-refractivity contribution in [1.82, 2.24) is 14.9 Å². The lowest BCUT2D eigenvalue weighted by atomic mass is 9.73. The molecule has 3 heterocycles. The highest BCUT2D eigenvalue weighted by atomic mass is 32.2. The molecule has 1 fully saturated rings. The maximum atomic E-state index is 12.6. The van der Waals surface area contributed by atoms with Gasteiger partial charge in [0.25, 0.3) is 0 Å². The van der Waals surface area contributed by atoms with Gasteiger partial charge < -0.3 is 5.32 Å². The fourth-order valence-electron chi connectivity index (χ4n) is 3.85. The van der Waals surface area contributed by atoms with Crippen molar-refractivity contribution in [3.8, 4) is 0 Å². The summed E-state index contributed by atoms with van der Waals surface area (Å²) in [6, 6.07) is 8.11. The number of fused-ring (bicyclic) bond motifs is 2. The molecule has 2 aliphatic heterocycles. The fourth-order valence-corrected chi connectivity index (χ4v) is 4.36. The maximum Gasteiger partial charge on any atom is 0.235 e. The molecule has 1 amide bonds. The zero-order valence-corrected chi connectivity index (χ0v) is 15.2. The third-order valence-electron chi connectivity index (χ3n) is 5.20. The van der Waals surface area contributed by atoms with Gasteiger partial charge in [0, 0.05) is 30.2 Å². The molecule has 1 aromatic heterocycles. The minimum absolute atomic E-state index is 0.164. The number of para-hydroxylation sites is 1. The lowest BCUT2D eigenvalue weighted by Crippen LogP contribution is -2.46. The van der Waals surface area contributed by atoms with E-state index in [1.807, 2.05) is 30.6 Å². The Morgan fingerprint density at radius 2 is 1.92 bits per heavy atom. The minimum Gasteiger partial charge on any atom is -0.325 e. The Bertz CT molecular complexity index is 769. The van der Waals surface area contributed by atoms with Crippen molar-refractivity contribution in [2.24, 2.45) is 0 Å². The number of carbonyl (C=O) groups excluding carboxylic acids is 1. The second-order valence-electron chi connectivity index (χ2n) is 6.66. The number of hydrogen-bond acceptors (Lipinski definition) is 5. The molecule has 0 radical (unpaired) electrons. The van der Waals surface area contributed by atoms with Gasteiger partial charge >= 0.3 is 0 Å². The van der Waals surface area contributed by atoms with Crippen LogP contribution in [-0.4, -0.2) is 39.6 Å². The van der Waals surface area contributed by atoms with Crippen molar-refractivity contribution in [2.75, 3.05) is 24.2 Å². The van der Waals surface area contributed by atoms with Crippen molar-refractivity contribution in [3.05, 3.63) is 47.8 Å². The van der Waals surface area contributed by atoms with Gasteiger partial charge in [0.05, 0.1) is 5.41 Å². The van der Waals surface area contributed by atoms with Crippen LogP contribution in [0.2, 0.25) is 0 Å². The number of thioether (sulfide) groups is 1. The van der Waals surface area contributed by atoms with Crippen LogP contribution in [0.25, 0.3) is 0 Å². The maximum absolute atomic E-state index is 12.6. The average molecular weight is 354 g/mol. The number of piperidine rings is 1. The molecule has 0 unspecified atom stereocenters. The molecule has 1 aromatic carbocycles. The van der Waals surface area contributed by atoms with Gasteiger partial charge in [0.2, 0.25) is 5.91 Å². The van der Waals surface area contributed by atoms with Gasteiger partial charge in [0.1, 0.15) is 0 Å². The van der Waals surface area contributed by atoms with Gasteiger partial charge in [-0.2, -0.15) is 0 Å². The second-order valence-corrected chi connectivity index (χ2v) is 7.90. The highest BCUT2D eigenvalue weighted by Crippen LogP contribution is 2.44. The first-order valence-electron chi connectivity index (χ1n) is 8.78. The Balaban J connectivity index is 1.43. The van der Waals surface area contributed by atoms with Crippen LogP contribution in [0.1, 0.15) is 30.9 Å². The van der Waals surface area contributed by atoms with E-state index in [1.165, 1.54) is 5.56 Å². The molecular formula is C19H22N4OS. The van der Waals surface area contributed by atoms with Crippen LogP contribution in [0.5, 0.6) is 0 Å². The lowest BCUT2D eigenvalue weighted by Gasteiger charge is -2.37.